The molecule has 1 aliphatic rings. The number of hydrogen-bond donors (Lipinski definition) is 1. The van der Waals surface area contributed by atoms with E-state index in [0.29, 0.717) is 11.8 Å². The number of rotatable bonds is 3. The van der Waals surface area contributed by atoms with Crippen LogP contribution in [0.15, 0.2) is 0 Å². The Hall–Kier alpha value is -0.0800. The minimum atomic E-state index is -0.0631. The topological polar surface area (TPSA) is 29.5 Å². The Labute approximate surface area is 81.3 Å². The van der Waals surface area contributed by atoms with E-state index in [4.69, 9.17) is 4.74 Å². The minimum absolute atomic E-state index is 0.0631. The molecule has 1 N–H and O–H groups in total. The maximum atomic E-state index is 9.64. The Balaban J connectivity index is 2.37. The molecule has 1 fully saturated rings. The molecule has 3 atom stereocenters. The van der Waals surface area contributed by atoms with Crippen LogP contribution >= 0.6 is 0 Å². The highest BCUT2D eigenvalue weighted by molar-refractivity contribution is 4.74. The Morgan fingerprint density at radius 2 is 2.08 bits per heavy atom. The van der Waals surface area contributed by atoms with E-state index in [0.717, 1.165) is 19.4 Å². The normalized spacial score (nSPS) is 32.5. The molecule has 0 aromatic heterocycles. The van der Waals surface area contributed by atoms with Gasteiger partial charge in [0.25, 0.3) is 0 Å². The molecular formula is C11H22O2. The Bertz CT molecular complexity index is 136. The lowest BCUT2D eigenvalue weighted by molar-refractivity contribution is 0.0903. The Morgan fingerprint density at radius 1 is 1.38 bits per heavy atom. The van der Waals surface area contributed by atoms with Crippen molar-refractivity contribution >= 4 is 0 Å². The summed E-state index contributed by atoms with van der Waals surface area (Å²) in [5.74, 6) is 1.26. The van der Waals surface area contributed by atoms with E-state index in [2.05, 4.69) is 6.92 Å². The first kappa shape index (κ1) is 11.0. The van der Waals surface area contributed by atoms with E-state index in [-0.39, 0.29) is 6.10 Å². The fourth-order valence-corrected chi connectivity index (χ4v) is 2.29. The molecule has 0 aliphatic heterocycles. The second-order valence-corrected chi connectivity index (χ2v) is 4.37. The van der Waals surface area contributed by atoms with Gasteiger partial charge in [-0.15, -0.1) is 0 Å². The van der Waals surface area contributed by atoms with Gasteiger partial charge in [0.05, 0.1) is 6.10 Å². The zero-order chi connectivity index (χ0) is 9.68. The fraction of sp³-hybridized carbons (Fsp3) is 1.00. The quantitative estimate of drug-likeness (QED) is 0.685. The lowest BCUT2D eigenvalue weighted by Crippen LogP contribution is -2.20. The van der Waals surface area contributed by atoms with Crippen LogP contribution < -0.4 is 0 Å². The molecular weight excluding hydrogens is 164 g/mol. The summed E-state index contributed by atoms with van der Waals surface area (Å²) in [4.78, 5) is 0. The lowest BCUT2D eigenvalue weighted by Gasteiger charge is -2.22. The van der Waals surface area contributed by atoms with Crippen molar-refractivity contribution in [3.63, 3.8) is 0 Å². The number of methoxy groups -OCH3 is 1. The predicted octanol–water partition coefficient (Wildman–Crippen LogP) is 2.21. The monoisotopic (exact) mass is 186 g/mol. The smallest absolute Gasteiger partial charge is 0.0543 e. The molecule has 0 saturated heterocycles. The summed E-state index contributed by atoms with van der Waals surface area (Å²) in [5, 5.41) is 9.64. The molecule has 0 heterocycles. The molecule has 1 saturated carbocycles. The largest absolute Gasteiger partial charge is 0.393 e. The highest BCUT2D eigenvalue weighted by atomic mass is 16.5. The maximum Gasteiger partial charge on any atom is 0.0543 e. The molecule has 0 aromatic carbocycles. The number of hydrogen-bond acceptors (Lipinski definition) is 2. The third kappa shape index (κ3) is 3.65. The molecule has 1 rings (SSSR count). The van der Waals surface area contributed by atoms with Crippen molar-refractivity contribution in [2.24, 2.45) is 11.8 Å². The summed E-state index contributed by atoms with van der Waals surface area (Å²) in [7, 11) is 1.75. The SMILES string of the molecule is COCC(C)C1CCCCC(O)C1. The summed E-state index contributed by atoms with van der Waals surface area (Å²) >= 11 is 0. The third-order valence-electron chi connectivity index (χ3n) is 3.17. The van der Waals surface area contributed by atoms with Crippen LogP contribution in [0.5, 0.6) is 0 Å². The van der Waals surface area contributed by atoms with Crippen molar-refractivity contribution in [1.29, 1.82) is 0 Å². The van der Waals surface area contributed by atoms with Gasteiger partial charge in [0.1, 0.15) is 0 Å². The van der Waals surface area contributed by atoms with Crippen LogP contribution in [0.4, 0.5) is 0 Å². The average molecular weight is 186 g/mol. The number of aliphatic hydroxyl groups is 1. The maximum absolute atomic E-state index is 9.64. The highest BCUT2D eigenvalue weighted by Crippen LogP contribution is 2.29. The van der Waals surface area contributed by atoms with Crippen LogP contribution in [0, 0.1) is 11.8 Å². The van der Waals surface area contributed by atoms with Crippen LogP contribution in [0.3, 0.4) is 0 Å². The van der Waals surface area contributed by atoms with Crippen molar-refractivity contribution in [2.45, 2.75) is 45.1 Å². The van der Waals surface area contributed by atoms with Crippen molar-refractivity contribution in [3.8, 4) is 0 Å². The van der Waals surface area contributed by atoms with Crippen LogP contribution in [-0.4, -0.2) is 24.9 Å². The first-order chi connectivity index (χ1) is 6.24. The first-order valence-electron chi connectivity index (χ1n) is 5.41. The third-order valence-corrected chi connectivity index (χ3v) is 3.17. The van der Waals surface area contributed by atoms with Gasteiger partial charge in [-0.05, 0) is 24.7 Å². The van der Waals surface area contributed by atoms with Gasteiger partial charge in [-0.3, -0.25) is 0 Å². The Kier molecular flexibility index (Phi) is 4.74. The second-order valence-electron chi connectivity index (χ2n) is 4.37. The van der Waals surface area contributed by atoms with E-state index < -0.39 is 0 Å². The molecule has 0 amide bonds. The molecule has 78 valence electrons. The van der Waals surface area contributed by atoms with E-state index in [1.54, 1.807) is 7.11 Å². The van der Waals surface area contributed by atoms with Gasteiger partial charge >= 0.3 is 0 Å². The summed E-state index contributed by atoms with van der Waals surface area (Å²) < 4.78 is 5.15. The van der Waals surface area contributed by atoms with Gasteiger partial charge in [-0.1, -0.05) is 26.2 Å². The van der Waals surface area contributed by atoms with E-state index in [1.165, 1.54) is 19.3 Å². The van der Waals surface area contributed by atoms with Gasteiger partial charge in [0, 0.05) is 13.7 Å². The molecule has 0 aromatic rings. The number of aliphatic hydroxyl groups excluding tert-OH is 1. The summed E-state index contributed by atoms with van der Waals surface area (Å²) in [6.07, 6.45) is 5.64. The second kappa shape index (κ2) is 5.61. The van der Waals surface area contributed by atoms with Crippen LogP contribution in [-0.2, 0) is 4.74 Å². The van der Waals surface area contributed by atoms with Crippen LogP contribution in [0.1, 0.15) is 39.0 Å². The summed E-state index contributed by atoms with van der Waals surface area (Å²) in [6, 6.07) is 0. The molecule has 13 heavy (non-hydrogen) atoms. The van der Waals surface area contributed by atoms with Crippen molar-refractivity contribution in [3.05, 3.63) is 0 Å². The molecule has 0 spiro atoms. The van der Waals surface area contributed by atoms with Gasteiger partial charge in [0.15, 0.2) is 0 Å². The van der Waals surface area contributed by atoms with Crippen molar-refractivity contribution in [2.75, 3.05) is 13.7 Å². The first-order valence-corrected chi connectivity index (χ1v) is 5.41. The van der Waals surface area contributed by atoms with Gasteiger partial charge in [-0.2, -0.15) is 0 Å². The molecule has 0 radical (unpaired) electrons. The number of ether oxygens (including phenoxy) is 1. The van der Waals surface area contributed by atoms with Crippen LogP contribution in [0.2, 0.25) is 0 Å². The molecule has 2 heteroatoms. The van der Waals surface area contributed by atoms with Gasteiger partial charge in [0.2, 0.25) is 0 Å². The Morgan fingerprint density at radius 3 is 2.77 bits per heavy atom. The standard InChI is InChI=1S/C11H22O2/c1-9(8-13-2)10-5-3-4-6-11(12)7-10/h9-12H,3-8H2,1-2H3. The summed E-state index contributed by atoms with van der Waals surface area (Å²) in [6.45, 7) is 3.06. The van der Waals surface area contributed by atoms with Crippen molar-refractivity contribution < 1.29 is 9.84 Å². The molecule has 1 aliphatic carbocycles. The van der Waals surface area contributed by atoms with Gasteiger partial charge in [-0.25, -0.2) is 0 Å². The molecule has 3 unspecified atom stereocenters. The minimum Gasteiger partial charge on any atom is -0.393 e. The van der Waals surface area contributed by atoms with E-state index in [9.17, 15) is 5.11 Å². The highest BCUT2D eigenvalue weighted by Gasteiger charge is 2.22. The van der Waals surface area contributed by atoms with Crippen LogP contribution in [0.25, 0.3) is 0 Å². The predicted molar refractivity (Wildman–Crippen MR) is 53.6 cm³/mol. The zero-order valence-corrected chi connectivity index (χ0v) is 8.83. The molecule has 0 bridgehead atoms. The lowest BCUT2D eigenvalue weighted by atomic mass is 9.87. The van der Waals surface area contributed by atoms with E-state index >= 15 is 0 Å². The zero-order valence-electron chi connectivity index (χ0n) is 8.83. The van der Waals surface area contributed by atoms with Gasteiger partial charge < -0.3 is 9.84 Å². The van der Waals surface area contributed by atoms with Crippen molar-refractivity contribution in [1.82, 2.24) is 0 Å². The van der Waals surface area contributed by atoms with E-state index in [1.807, 2.05) is 0 Å². The average Bonchev–Trinajstić information content (AvgIpc) is 2.30. The fourth-order valence-electron chi connectivity index (χ4n) is 2.29. The molecule has 2 nitrogen and oxygen atoms in total. The summed E-state index contributed by atoms with van der Waals surface area (Å²) in [5.41, 5.74) is 0.